The SMILES string of the molecule is CNC(=O)[C@@H]1C[C@H]2CCN(CCN3CCCC3)C[C@H]2O1. The number of hydrogen-bond acceptors (Lipinski definition) is 4. The molecule has 5 nitrogen and oxygen atoms in total. The van der Waals surface area contributed by atoms with Crippen molar-refractivity contribution in [3.63, 3.8) is 0 Å². The lowest BCUT2D eigenvalue weighted by molar-refractivity contribution is -0.132. The predicted octanol–water partition coefficient (Wildman–Crippen LogP) is 0.308. The summed E-state index contributed by atoms with van der Waals surface area (Å²) in [4.78, 5) is 16.8. The van der Waals surface area contributed by atoms with Gasteiger partial charge in [0.15, 0.2) is 0 Å². The molecule has 1 N–H and O–H groups in total. The molecule has 3 heterocycles. The van der Waals surface area contributed by atoms with E-state index < -0.39 is 0 Å². The van der Waals surface area contributed by atoms with Gasteiger partial charge in [0.2, 0.25) is 5.91 Å². The van der Waals surface area contributed by atoms with E-state index in [0.717, 1.165) is 19.5 Å². The normalized spacial score (nSPS) is 35.1. The van der Waals surface area contributed by atoms with Crippen LogP contribution in [0.2, 0.25) is 0 Å². The van der Waals surface area contributed by atoms with Crippen LogP contribution in [0.4, 0.5) is 0 Å². The Morgan fingerprint density at radius 1 is 1.20 bits per heavy atom. The summed E-state index contributed by atoms with van der Waals surface area (Å²) >= 11 is 0. The molecule has 5 heteroatoms. The van der Waals surface area contributed by atoms with E-state index in [-0.39, 0.29) is 18.1 Å². The third-order valence-electron chi connectivity index (χ3n) is 5.11. The molecular weight excluding hydrogens is 254 g/mol. The zero-order valence-electron chi connectivity index (χ0n) is 12.5. The second-order valence-electron chi connectivity index (χ2n) is 6.41. The molecule has 3 aliphatic rings. The van der Waals surface area contributed by atoms with Crippen LogP contribution in [-0.4, -0.2) is 74.2 Å². The Hall–Kier alpha value is -0.650. The zero-order valence-corrected chi connectivity index (χ0v) is 12.5. The van der Waals surface area contributed by atoms with Crippen molar-refractivity contribution >= 4 is 5.91 Å². The highest BCUT2D eigenvalue weighted by molar-refractivity contribution is 5.80. The fraction of sp³-hybridized carbons (Fsp3) is 0.933. The fourth-order valence-corrected chi connectivity index (χ4v) is 3.82. The number of rotatable bonds is 4. The molecule has 0 aromatic rings. The average Bonchev–Trinajstić information content (AvgIpc) is 3.12. The number of amides is 1. The van der Waals surface area contributed by atoms with E-state index in [4.69, 9.17) is 4.74 Å². The first-order chi connectivity index (χ1) is 9.76. The van der Waals surface area contributed by atoms with E-state index >= 15 is 0 Å². The Morgan fingerprint density at radius 2 is 1.95 bits per heavy atom. The summed E-state index contributed by atoms with van der Waals surface area (Å²) in [7, 11) is 1.69. The van der Waals surface area contributed by atoms with Crippen LogP contribution in [0.5, 0.6) is 0 Å². The van der Waals surface area contributed by atoms with E-state index in [9.17, 15) is 4.79 Å². The molecule has 0 saturated carbocycles. The first-order valence-corrected chi connectivity index (χ1v) is 8.08. The molecule has 1 amide bonds. The van der Waals surface area contributed by atoms with Gasteiger partial charge in [-0.3, -0.25) is 9.69 Å². The van der Waals surface area contributed by atoms with Crippen molar-refractivity contribution in [1.29, 1.82) is 0 Å². The van der Waals surface area contributed by atoms with Crippen LogP contribution in [0.15, 0.2) is 0 Å². The number of likely N-dealkylation sites (N-methyl/N-ethyl adjacent to an activating group) is 1. The van der Waals surface area contributed by atoms with Gasteiger partial charge < -0.3 is 15.0 Å². The number of nitrogens with zero attached hydrogens (tertiary/aromatic N) is 2. The maximum absolute atomic E-state index is 11.7. The number of nitrogens with one attached hydrogen (secondary N) is 1. The van der Waals surface area contributed by atoms with Gasteiger partial charge in [-0.25, -0.2) is 0 Å². The molecule has 3 fully saturated rings. The molecule has 0 aliphatic carbocycles. The number of carbonyl (C=O) groups is 1. The van der Waals surface area contributed by atoms with Crippen molar-refractivity contribution in [3.8, 4) is 0 Å². The first-order valence-electron chi connectivity index (χ1n) is 8.08. The third-order valence-corrected chi connectivity index (χ3v) is 5.11. The van der Waals surface area contributed by atoms with E-state index in [0.29, 0.717) is 5.92 Å². The van der Waals surface area contributed by atoms with Crippen molar-refractivity contribution in [3.05, 3.63) is 0 Å². The topological polar surface area (TPSA) is 44.8 Å². The van der Waals surface area contributed by atoms with Gasteiger partial charge in [0, 0.05) is 26.7 Å². The lowest BCUT2D eigenvalue weighted by Gasteiger charge is -2.34. The van der Waals surface area contributed by atoms with Crippen LogP contribution in [0.3, 0.4) is 0 Å². The Bertz CT molecular complexity index is 344. The molecule has 0 aromatic carbocycles. The minimum Gasteiger partial charge on any atom is -0.364 e. The van der Waals surface area contributed by atoms with Crippen LogP contribution in [0.1, 0.15) is 25.7 Å². The first kappa shape index (κ1) is 14.3. The fourth-order valence-electron chi connectivity index (χ4n) is 3.82. The van der Waals surface area contributed by atoms with Crippen LogP contribution in [-0.2, 0) is 9.53 Å². The molecule has 0 spiro atoms. The van der Waals surface area contributed by atoms with Gasteiger partial charge in [0.25, 0.3) is 0 Å². The molecule has 114 valence electrons. The highest BCUT2D eigenvalue weighted by Crippen LogP contribution is 2.33. The van der Waals surface area contributed by atoms with E-state index in [1.165, 1.54) is 45.4 Å². The minimum absolute atomic E-state index is 0.0445. The molecule has 0 unspecified atom stereocenters. The van der Waals surface area contributed by atoms with Crippen LogP contribution >= 0.6 is 0 Å². The Labute approximate surface area is 121 Å². The molecule has 0 radical (unpaired) electrons. The zero-order chi connectivity index (χ0) is 13.9. The molecule has 3 saturated heterocycles. The van der Waals surface area contributed by atoms with Gasteiger partial charge in [0.05, 0.1) is 6.10 Å². The Morgan fingerprint density at radius 3 is 2.70 bits per heavy atom. The molecule has 3 aliphatic heterocycles. The number of fused-ring (bicyclic) bond motifs is 1. The standard InChI is InChI=1S/C15H27N3O2/c1-16-15(19)13-10-12-4-7-18(11-14(12)20-13)9-8-17-5-2-3-6-17/h12-14H,2-11H2,1H3,(H,16,19)/t12-,13+,14-/m1/s1. The number of ether oxygens (including phenoxy) is 1. The second-order valence-corrected chi connectivity index (χ2v) is 6.41. The van der Waals surface area contributed by atoms with Crippen LogP contribution < -0.4 is 5.32 Å². The summed E-state index contributed by atoms with van der Waals surface area (Å²) in [6.07, 6.45) is 4.87. The number of piperidine rings is 1. The summed E-state index contributed by atoms with van der Waals surface area (Å²) in [5.74, 6) is 0.628. The third kappa shape index (κ3) is 3.15. The molecule has 0 aromatic heterocycles. The summed E-state index contributed by atoms with van der Waals surface area (Å²) < 4.78 is 5.95. The molecule has 0 bridgehead atoms. The summed E-state index contributed by atoms with van der Waals surface area (Å²) in [6, 6.07) is 0. The Balaban J connectivity index is 1.44. The van der Waals surface area contributed by atoms with E-state index in [1.807, 2.05) is 0 Å². The number of carbonyl (C=O) groups excluding carboxylic acids is 1. The smallest absolute Gasteiger partial charge is 0.248 e. The maximum atomic E-state index is 11.7. The van der Waals surface area contributed by atoms with E-state index in [1.54, 1.807) is 7.05 Å². The summed E-state index contributed by atoms with van der Waals surface area (Å²) in [6.45, 7) is 7.06. The van der Waals surface area contributed by atoms with Gasteiger partial charge >= 0.3 is 0 Å². The largest absolute Gasteiger partial charge is 0.364 e. The van der Waals surface area contributed by atoms with E-state index in [2.05, 4.69) is 15.1 Å². The molecule has 3 atom stereocenters. The highest BCUT2D eigenvalue weighted by atomic mass is 16.5. The summed E-state index contributed by atoms with van der Waals surface area (Å²) in [5.41, 5.74) is 0. The molecule has 3 rings (SSSR count). The minimum atomic E-state index is -0.214. The van der Waals surface area contributed by atoms with Crippen LogP contribution in [0, 0.1) is 5.92 Å². The molecular formula is C15H27N3O2. The highest BCUT2D eigenvalue weighted by Gasteiger charge is 2.41. The summed E-state index contributed by atoms with van der Waals surface area (Å²) in [5, 5.41) is 2.71. The van der Waals surface area contributed by atoms with Gasteiger partial charge in [-0.1, -0.05) is 0 Å². The Kier molecular flexibility index (Phi) is 4.58. The van der Waals surface area contributed by atoms with Crippen molar-refractivity contribution in [2.45, 2.75) is 37.9 Å². The van der Waals surface area contributed by atoms with Crippen molar-refractivity contribution < 1.29 is 9.53 Å². The predicted molar refractivity (Wildman–Crippen MR) is 77.6 cm³/mol. The monoisotopic (exact) mass is 281 g/mol. The molecule has 20 heavy (non-hydrogen) atoms. The van der Waals surface area contributed by atoms with Crippen molar-refractivity contribution in [2.24, 2.45) is 5.92 Å². The number of likely N-dealkylation sites (tertiary alicyclic amines) is 2. The van der Waals surface area contributed by atoms with Crippen molar-refractivity contribution in [1.82, 2.24) is 15.1 Å². The lowest BCUT2D eigenvalue weighted by atomic mass is 9.91. The van der Waals surface area contributed by atoms with Gasteiger partial charge in [-0.2, -0.15) is 0 Å². The quantitative estimate of drug-likeness (QED) is 0.805. The van der Waals surface area contributed by atoms with Gasteiger partial charge in [0.1, 0.15) is 6.10 Å². The lowest BCUT2D eigenvalue weighted by Crippen LogP contribution is -2.45. The average molecular weight is 281 g/mol. The van der Waals surface area contributed by atoms with Crippen LogP contribution in [0.25, 0.3) is 0 Å². The van der Waals surface area contributed by atoms with Gasteiger partial charge in [-0.15, -0.1) is 0 Å². The van der Waals surface area contributed by atoms with Crippen molar-refractivity contribution in [2.75, 3.05) is 46.3 Å². The maximum Gasteiger partial charge on any atom is 0.248 e. The van der Waals surface area contributed by atoms with Gasteiger partial charge in [-0.05, 0) is 51.2 Å². The number of hydrogen-bond donors (Lipinski definition) is 1. The second kappa shape index (κ2) is 6.41.